The van der Waals surface area contributed by atoms with Gasteiger partial charge in [0, 0.05) is 18.1 Å². The first-order chi connectivity index (χ1) is 11.9. The van der Waals surface area contributed by atoms with Crippen molar-refractivity contribution in [2.75, 3.05) is 5.32 Å². The molecule has 0 bridgehead atoms. The molecular formula is C19H16N2O4. The van der Waals surface area contributed by atoms with Crippen molar-refractivity contribution in [2.45, 2.75) is 6.92 Å². The molecule has 1 aromatic heterocycles. The second-order valence-corrected chi connectivity index (χ2v) is 5.77. The number of aryl methyl sites for hydroxylation is 1. The van der Waals surface area contributed by atoms with E-state index >= 15 is 0 Å². The highest BCUT2D eigenvalue weighted by Gasteiger charge is 2.14. The van der Waals surface area contributed by atoms with Gasteiger partial charge in [-0.1, -0.05) is 18.2 Å². The van der Waals surface area contributed by atoms with Crippen molar-refractivity contribution in [2.24, 2.45) is 7.05 Å². The van der Waals surface area contributed by atoms with Gasteiger partial charge in [-0.05, 0) is 48.2 Å². The Morgan fingerprint density at radius 1 is 1.08 bits per heavy atom. The van der Waals surface area contributed by atoms with Crippen molar-refractivity contribution >= 4 is 28.3 Å². The van der Waals surface area contributed by atoms with Crippen molar-refractivity contribution in [1.29, 1.82) is 0 Å². The molecule has 0 spiro atoms. The summed E-state index contributed by atoms with van der Waals surface area (Å²) in [7, 11) is 1.54. The highest BCUT2D eigenvalue weighted by molar-refractivity contribution is 6.05. The molecule has 0 radical (unpaired) electrons. The highest BCUT2D eigenvalue weighted by atomic mass is 16.4. The van der Waals surface area contributed by atoms with E-state index in [0.717, 1.165) is 0 Å². The summed E-state index contributed by atoms with van der Waals surface area (Å²) in [5, 5.41) is 13.0. The Bertz CT molecular complexity index is 1070. The van der Waals surface area contributed by atoms with E-state index in [1.165, 1.54) is 16.7 Å². The smallest absolute Gasteiger partial charge is 0.335 e. The molecular weight excluding hydrogens is 320 g/mol. The molecule has 0 aliphatic heterocycles. The number of hydrogen-bond acceptors (Lipinski definition) is 3. The van der Waals surface area contributed by atoms with Crippen molar-refractivity contribution in [1.82, 2.24) is 4.57 Å². The van der Waals surface area contributed by atoms with Crippen LogP contribution >= 0.6 is 0 Å². The molecule has 6 nitrogen and oxygen atoms in total. The van der Waals surface area contributed by atoms with Crippen LogP contribution in [0.4, 0.5) is 5.69 Å². The Morgan fingerprint density at radius 3 is 2.48 bits per heavy atom. The van der Waals surface area contributed by atoms with Crippen LogP contribution in [0, 0.1) is 6.92 Å². The van der Waals surface area contributed by atoms with Gasteiger partial charge in [0.25, 0.3) is 11.5 Å². The second-order valence-electron chi connectivity index (χ2n) is 5.77. The Morgan fingerprint density at radius 2 is 1.80 bits per heavy atom. The number of aromatic carboxylic acids is 1. The van der Waals surface area contributed by atoms with Crippen molar-refractivity contribution in [3.05, 3.63) is 75.7 Å². The zero-order valence-corrected chi connectivity index (χ0v) is 13.7. The van der Waals surface area contributed by atoms with Crippen molar-refractivity contribution < 1.29 is 14.7 Å². The first kappa shape index (κ1) is 16.4. The number of amides is 1. The molecule has 0 saturated carbocycles. The third kappa shape index (κ3) is 3.01. The monoisotopic (exact) mass is 336 g/mol. The van der Waals surface area contributed by atoms with Crippen LogP contribution in [0.1, 0.15) is 26.4 Å². The lowest BCUT2D eigenvalue weighted by molar-refractivity contribution is 0.0696. The van der Waals surface area contributed by atoms with Gasteiger partial charge in [-0.25, -0.2) is 4.79 Å². The lowest BCUT2D eigenvalue weighted by Crippen LogP contribution is -2.26. The fraction of sp³-hybridized carbons (Fsp3) is 0.105. The number of carbonyl (C=O) groups excluding carboxylic acids is 1. The summed E-state index contributed by atoms with van der Waals surface area (Å²) in [4.78, 5) is 36.0. The number of anilines is 1. The molecule has 0 fully saturated rings. The van der Waals surface area contributed by atoms with E-state index < -0.39 is 11.9 Å². The lowest BCUT2D eigenvalue weighted by Gasteiger charge is -2.11. The number of hydrogen-bond donors (Lipinski definition) is 2. The van der Waals surface area contributed by atoms with Gasteiger partial charge in [0.1, 0.15) is 5.69 Å². The lowest BCUT2D eigenvalue weighted by atomic mass is 10.1. The average Bonchev–Trinajstić information content (AvgIpc) is 2.57. The Labute approximate surface area is 143 Å². The molecule has 1 amide bonds. The van der Waals surface area contributed by atoms with E-state index in [0.29, 0.717) is 22.0 Å². The second kappa shape index (κ2) is 6.24. The number of carboxylic acids is 1. The predicted molar refractivity (Wildman–Crippen MR) is 95.3 cm³/mol. The van der Waals surface area contributed by atoms with E-state index in [1.54, 1.807) is 50.4 Å². The van der Waals surface area contributed by atoms with E-state index in [2.05, 4.69) is 5.32 Å². The van der Waals surface area contributed by atoms with E-state index in [1.807, 2.05) is 0 Å². The molecule has 126 valence electrons. The Kier molecular flexibility index (Phi) is 4.10. The minimum absolute atomic E-state index is 0.177. The van der Waals surface area contributed by atoms with Crippen LogP contribution in [0.25, 0.3) is 10.8 Å². The van der Waals surface area contributed by atoms with Crippen LogP contribution in [0.15, 0.2) is 53.3 Å². The number of rotatable bonds is 3. The molecule has 0 atom stereocenters. The summed E-state index contributed by atoms with van der Waals surface area (Å²) in [5.74, 6) is -1.46. The number of nitrogens with one attached hydrogen (secondary N) is 1. The standard InChI is InChI=1S/C19H16N2O4/c1-11-9-13(7-8-14(11)19(24)25)20-17(22)16-10-12-5-3-4-6-15(12)18(23)21(16)2/h3-10H,1-2H3,(H,20,22)(H,24,25). The number of aromatic nitrogens is 1. The number of benzene rings is 2. The zero-order chi connectivity index (χ0) is 18.1. The van der Waals surface area contributed by atoms with E-state index in [9.17, 15) is 14.4 Å². The molecule has 25 heavy (non-hydrogen) atoms. The van der Waals surface area contributed by atoms with Gasteiger partial charge in [0.05, 0.1) is 5.56 Å². The van der Waals surface area contributed by atoms with Gasteiger partial charge >= 0.3 is 5.97 Å². The van der Waals surface area contributed by atoms with Gasteiger partial charge in [-0.3, -0.25) is 9.59 Å². The summed E-state index contributed by atoms with van der Waals surface area (Å²) in [6.45, 7) is 1.66. The SMILES string of the molecule is Cc1cc(NC(=O)c2cc3ccccc3c(=O)n2C)ccc1C(=O)O. The van der Waals surface area contributed by atoms with Crippen LogP contribution in [0.3, 0.4) is 0 Å². The molecule has 6 heteroatoms. The molecule has 3 aromatic rings. The van der Waals surface area contributed by atoms with E-state index in [4.69, 9.17) is 5.11 Å². The summed E-state index contributed by atoms with van der Waals surface area (Å²) in [6.07, 6.45) is 0. The number of carboxylic acid groups (broad SMARTS) is 1. The summed E-state index contributed by atoms with van der Waals surface area (Å²) < 4.78 is 1.30. The van der Waals surface area contributed by atoms with Gasteiger partial charge in [-0.15, -0.1) is 0 Å². The summed E-state index contributed by atoms with van der Waals surface area (Å²) in [5.41, 5.74) is 1.16. The molecule has 0 saturated heterocycles. The fourth-order valence-electron chi connectivity index (χ4n) is 2.75. The first-order valence-corrected chi connectivity index (χ1v) is 7.62. The van der Waals surface area contributed by atoms with Crippen molar-refractivity contribution in [3.63, 3.8) is 0 Å². The first-order valence-electron chi connectivity index (χ1n) is 7.62. The number of carbonyl (C=O) groups is 2. The number of pyridine rings is 1. The van der Waals surface area contributed by atoms with Crippen LogP contribution in [-0.2, 0) is 7.05 Å². The quantitative estimate of drug-likeness (QED) is 0.770. The largest absolute Gasteiger partial charge is 0.478 e. The van der Waals surface area contributed by atoms with E-state index in [-0.39, 0.29) is 16.8 Å². The third-order valence-electron chi connectivity index (χ3n) is 4.10. The predicted octanol–water partition coefficient (Wildman–Crippen LogP) is 2.80. The Balaban J connectivity index is 1.98. The Hall–Kier alpha value is -3.41. The van der Waals surface area contributed by atoms with Gasteiger partial charge < -0.3 is 15.0 Å². The summed E-state index contributed by atoms with van der Waals surface area (Å²) >= 11 is 0. The molecule has 0 aliphatic carbocycles. The van der Waals surface area contributed by atoms with Gasteiger partial charge in [0.15, 0.2) is 0 Å². The number of fused-ring (bicyclic) bond motifs is 1. The summed E-state index contributed by atoms with van der Waals surface area (Å²) in [6, 6.07) is 13.3. The van der Waals surface area contributed by atoms with Crippen LogP contribution in [0.5, 0.6) is 0 Å². The minimum atomic E-state index is -1.02. The molecule has 2 N–H and O–H groups in total. The van der Waals surface area contributed by atoms with Crippen LogP contribution in [0.2, 0.25) is 0 Å². The minimum Gasteiger partial charge on any atom is -0.478 e. The highest BCUT2D eigenvalue weighted by Crippen LogP contribution is 2.17. The normalized spacial score (nSPS) is 10.6. The maximum absolute atomic E-state index is 12.6. The van der Waals surface area contributed by atoms with Crippen LogP contribution < -0.4 is 10.9 Å². The molecule has 1 heterocycles. The molecule has 0 unspecified atom stereocenters. The molecule has 3 rings (SSSR count). The van der Waals surface area contributed by atoms with Gasteiger partial charge in [-0.2, -0.15) is 0 Å². The maximum Gasteiger partial charge on any atom is 0.335 e. The van der Waals surface area contributed by atoms with Crippen LogP contribution in [-0.4, -0.2) is 21.6 Å². The fourth-order valence-corrected chi connectivity index (χ4v) is 2.75. The molecule has 2 aromatic carbocycles. The average molecular weight is 336 g/mol. The molecule has 0 aliphatic rings. The zero-order valence-electron chi connectivity index (χ0n) is 13.7. The van der Waals surface area contributed by atoms with Crippen molar-refractivity contribution in [3.8, 4) is 0 Å². The maximum atomic E-state index is 12.6. The topological polar surface area (TPSA) is 88.4 Å². The third-order valence-corrected chi connectivity index (χ3v) is 4.10. The van der Waals surface area contributed by atoms with Gasteiger partial charge in [0.2, 0.25) is 0 Å². The number of nitrogens with zero attached hydrogens (tertiary/aromatic N) is 1.